The normalized spacial score (nSPS) is 22.0. The molecule has 54 heavy (non-hydrogen) atoms. The van der Waals surface area contributed by atoms with Gasteiger partial charge in [-0.15, -0.1) is 0 Å². The topological polar surface area (TPSA) is 57.7 Å². The fourth-order valence-corrected chi connectivity index (χ4v) is 9.38. The Morgan fingerprint density at radius 3 is 1.24 bits per heavy atom. The Hall–Kier alpha value is -2.65. The molecule has 0 radical (unpaired) electrons. The van der Waals surface area contributed by atoms with Gasteiger partial charge in [0.2, 0.25) is 0 Å². The number of Topliss-reactive ketones (excluding diaryl/α,β-unsaturated/α-hetero) is 3. The van der Waals surface area contributed by atoms with E-state index in [1.807, 2.05) is 24.3 Å². The summed E-state index contributed by atoms with van der Waals surface area (Å²) in [6, 6.07) is 31.2. The average molecular weight is 896 g/mol. The van der Waals surface area contributed by atoms with Gasteiger partial charge in [-0.2, -0.15) is 0 Å². The fourth-order valence-electron chi connectivity index (χ4n) is 8.59. The van der Waals surface area contributed by atoms with E-state index in [9.17, 15) is 9.59 Å². The van der Waals surface area contributed by atoms with E-state index in [1.54, 1.807) is 48.5 Å². The van der Waals surface area contributed by atoms with Crippen LogP contribution in [0.4, 0.5) is 0 Å². The predicted molar refractivity (Wildman–Crippen MR) is 227 cm³/mol. The first kappa shape index (κ1) is 41.0. The Bertz CT molecular complexity index is 1750. The van der Waals surface area contributed by atoms with Crippen molar-refractivity contribution >= 4 is 72.4 Å². The molecule has 9 heteroatoms. The lowest BCUT2D eigenvalue weighted by Crippen LogP contribution is -2.47. The maximum Gasteiger partial charge on any atom is 0.164 e. The zero-order chi connectivity index (χ0) is 38.4. The number of benzene rings is 4. The van der Waals surface area contributed by atoms with Crippen LogP contribution in [0.15, 0.2) is 106 Å². The van der Waals surface area contributed by atoms with Crippen LogP contribution in [0.1, 0.15) is 108 Å². The highest BCUT2D eigenvalue weighted by atomic mass is 79.9. The summed E-state index contributed by atoms with van der Waals surface area (Å²) in [6.45, 7) is 0. The molecule has 0 amide bonds. The number of halogens is 4. The van der Waals surface area contributed by atoms with Gasteiger partial charge in [-0.25, -0.2) is 0 Å². The molecule has 0 bridgehead atoms. The third-order valence-electron chi connectivity index (χ3n) is 11.9. The van der Waals surface area contributed by atoms with Crippen LogP contribution in [0.5, 0.6) is 0 Å². The lowest BCUT2D eigenvalue weighted by atomic mass is 9.75. The molecule has 284 valence electrons. The summed E-state index contributed by atoms with van der Waals surface area (Å²) >= 11 is 19.4. The molecule has 0 saturated carbocycles. The lowest BCUT2D eigenvalue weighted by Gasteiger charge is -2.42. The number of ketones is 3. The van der Waals surface area contributed by atoms with Gasteiger partial charge in [0.1, 0.15) is 5.78 Å². The molecule has 4 aromatic rings. The van der Waals surface area contributed by atoms with E-state index < -0.39 is 0 Å². The smallest absolute Gasteiger partial charge is 0.164 e. The first-order chi connectivity index (χ1) is 26.0. The van der Waals surface area contributed by atoms with Gasteiger partial charge in [-0.05, 0) is 137 Å². The fraction of sp³-hybridized carbons (Fsp3) is 0.400. The van der Waals surface area contributed by atoms with Crippen molar-refractivity contribution in [2.45, 2.75) is 100 Å². The van der Waals surface area contributed by atoms with E-state index >= 15 is 4.79 Å². The van der Waals surface area contributed by atoms with Crippen molar-refractivity contribution in [1.29, 1.82) is 0 Å². The molecule has 2 saturated heterocycles. The van der Waals surface area contributed by atoms with Crippen molar-refractivity contribution in [3.63, 3.8) is 0 Å². The summed E-state index contributed by atoms with van der Waals surface area (Å²) in [5.74, 6) is -0.211. The van der Waals surface area contributed by atoms with Gasteiger partial charge in [-0.3, -0.25) is 24.2 Å². The minimum Gasteiger partial charge on any atom is -0.300 e. The molecule has 5 nitrogen and oxygen atoms in total. The molecule has 2 heterocycles. The number of likely N-dealkylation sites (tertiary alicyclic amines) is 2. The van der Waals surface area contributed by atoms with Gasteiger partial charge in [0, 0.05) is 79.0 Å². The highest BCUT2D eigenvalue weighted by Crippen LogP contribution is 2.40. The summed E-state index contributed by atoms with van der Waals surface area (Å²) in [5, 5.41) is 1.23. The summed E-state index contributed by atoms with van der Waals surface area (Å²) in [7, 11) is 4.25. The highest BCUT2D eigenvalue weighted by Gasteiger charge is 2.39. The van der Waals surface area contributed by atoms with Gasteiger partial charge in [0.15, 0.2) is 11.6 Å². The summed E-state index contributed by atoms with van der Waals surface area (Å²) < 4.78 is 1.95. The predicted octanol–water partition coefficient (Wildman–Crippen LogP) is 12.0. The van der Waals surface area contributed by atoms with E-state index in [1.165, 1.54) is 0 Å². The average Bonchev–Trinajstić information content (AvgIpc) is 3.16. The molecular formula is C45H48Br2Cl2N2O3. The van der Waals surface area contributed by atoms with Crippen molar-refractivity contribution in [2.75, 3.05) is 14.1 Å². The van der Waals surface area contributed by atoms with Crippen molar-refractivity contribution < 1.29 is 14.4 Å². The number of carbonyl (C=O) groups is 3. The molecule has 0 aliphatic carbocycles. The number of rotatable bonds is 14. The highest BCUT2D eigenvalue weighted by molar-refractivity contribution is 9.10. The number of carbonyl (C=O) groups excluding carboxylic acids is 3. The summed E-state index contributed by atoms with van der Waals surface area (Å²) in [5.41, 5.74) is 3.39. The monoisotopic (exact) mass is 892 g/mol. The largest absolute Gasteiger partial charge is 0.300 e. The third kappa shape index (κ3) is 10.4. The van der Waals surface area contributed by atoms with Gasteiger partial charge < -0.3 is 0 Å². The second-order valence-corrected chi connectivity index (χ2v) is 17.9. The Morgan fingerprint density at radius 1 is 0.556 bits per heavy atom. The second kappa shape index (κ2) is 19.0. The van der Waals surface area contributed by atoms with Gasteiger partial charge in [-0.1, -0.05) is 92.2 Å². The van der Waals surface area contributed by atoms with Crippen LogP contribution in [0, 0.1) is 0 Å². The zero-order valence-corrected chi connectivity index (χ0v) is 35.6. The number of hydrogen-bond acceptors (Lipinski definition) is 5. The van der Waals surface area contributed by atoms with E-state index in [4.69, 9.17) is 23.2 Å². The molecular weight excluding hydrogens is 847 g/mol. The van der Waals surface area contributed by atoms with Crippen molar-refractivity contribution in [3.8, 4) is 0 Å². The van der Waals surface area contributed by atoms with Crippen molar-refractivity contribution in [2.24, 2.45) is 0 Å². The number of hydrogen-bond donors (Lipinski definition) is 0. The van der Waals surface area contributed by atoms with Gasteiger partial charge in [0.05, 0.1) is 0 Å². The standard InChI is InChI=1S/C45H48Br2Cl2N2O3/c1-50-37(5-3-7-39(50)27-43(52)31-13-21-35(48)22-14-31)25-41(29-9-17-33(46)18-10-29)45(54)42(30-11-19-34(47)20-12-30)26-38-6-4-8-40(51(38)2)28-44(53)32-15-23-36(49)24-16-32/h9-24,37-42H,3-8,25-28H2,1-2H3. The quantitative estimate of drug-likeness (QED) is 0.118. The van der Waals surface area contributed by atoms with E-state index in [2.05, 4.69) is 80.0 Å². The van der Waals surface area contributed by atoms with Crippen LogP contribution in [0.25, 0.3) is 0 Å². The van der Waals surface area contributed by atoms with Crippen LogP contribution in [0.3, 0.4) is 0 Å². The van der Waals surface area contributed by atoms with Crippen molar-refractivity contribution in [3.05, 3.63) is 138 Å². The maximum atomic E-state index is 15.3. The molecule has 2 aliphatic rings. The van der Waals surface area contributed by atoms with Crippen molar-refractivity contribution in [1.82, 2.24) is 9.80 Å². The van der Waals surface area contributed by atoms with Crippen LogP contribution in [-0.2, 0) is 4.79 Å². The Morgan fingerprint density at radius 2 is 0.889 bits per heavy atom. The van der Waals surface area contributed by atoms with Gasteiger partial charge >= 0.3 is 0 Å². The lowest BCUT2D eigenvalue weighted by molar-refractivity contribution is -0.123. The minimum atomic E-state index is -0.332. The molecule has 6 atom stereocenters. The SMILES string of the molecule is CN1C(CC(=O)c2ccc(Cl)cc2)CCCC1CC(C(=O)C(CC1CCCC(CC(=O)c2ccc(Cl)cc2)N1C)c1ccc(Br)cc1)c1ccc(Br)cc1. The van der Waals surface area contributed by atoms with Crippen LogP contribution >= 0.6 is 55.1 Å². The molecule has 2 fully saturated rings. The van der Waals surface area contributed by atoms with E-state index in [0.717, 1.165) is 58.6 Å². The first-order valence-electron chi connectivity index (χ1n) is 19.0. The first-order valence-corrected chi connectivity index (χ1v) is 21.4. The van der Waals surface area contributed by atoms with Crippen LogP contribution in [0.2, 0.25) is 10.0 Å². The molecule has 0 N–H and O–H groups in total. The Kier molecular flexibility index (Phi) is 14.4. The third-order valence-corrected chi connectivity index (χ3v) is 13.4. The zero-order valence-electron chi connectivity index (χ0n) is 30.9. The summed E-state index contributed by atoms with van der Waals surface area (Å²) in [4.78, 5) is 46.8. The second-order valence-electron chi connectivity index (χ2n) is 15.2. The molecule has 6 rings (SSSR count). The molecule has 0 aromatic heterocycles. The van der Waals surface area contributed by atoms with E-state index in [0.29, 0.717) is 46.9 Å². The molecule has 6 unspecified atom stereocenters. The Balaban J connectivity index is 1.24. The number of piperidine rings is 2. The minimum absolute atomic E-state index is 0.0956. The Labute approximate surface area is 347 Å². The number of nitrogens with zero attached hydrogens (tertiary/aromatic N) is 2. The van der Waals surface area contributed by atoms with Crippen LogP contribution < -0.4 is 0 Å². The van der Waals surface area contributed by atoms with Crippen LogP contribution in [-0.4, -0.2) is 65.4 Å². The molecule has 4 aromatic carbocycles. The molecule has 0 spiro atoms. The van der Waals surface area contributed by atoms with Gasteiger partial charge in [0.25, 0.3) is 0 Å². The summed E-state index contributed by atoms with van der Waals surface area (Å²) in [6.07, 6.45) is 8.07. The maximum absolute atomic E-state index is 15.3. The molecule has 2 aliphatic heterocycles. The van der Waals surface area contributed by atoms with E-state index in [-0.39, 0.29) is 53.4 Å².